The van der Waals surface area contributed by atoms with Crippen molar-refractivity contribution in [2.45, 2.75) is 38.8 Å². The van der Waals surface area contributed by atoms with Crippen LogP contribution in [0.1, 0.15) is 49.4 Å². The standard InChI is InChI=1S/C26H29NO3/c1-18(2)30-23-16-15-22(17-24(23)29-4)19(3)27-26(28)25(20-11-7-5-8-12-20)21-13-9-6-10-14-21/h5-19,25H,1-4H3,(H,27,28). The minimum Gasteiger partial charge on any atom is -0.493 e. The Kier molecular flexibility index (Phi) is 7.12. The van der Waals surface area contributed by atoms with E-state index in [9.17, 15) is 4.79 Å². The monoisotopic (exact) mass is 403 g/mol. The molecule has 1 atom stereocenters. The van der Waals surface area contributed by atoms with E-state index in [1.54, 1.807) is 7.11 Å². The van der Waals surface area contributed by atoms with E-state index in [4.69, 9.17) is 9.47 Å². The first kappa shape index (κ1) is 21.4. The molecule has 3 aromatic rings. The van der Waals surface area contributed by atoms with Gasteiger partial charge in [0.25, 0.3) is 0 Å². The van der Waals surface area contributed by atoms with Crippen molar-refractivity contribution in [1.82, 2.24) is 5.32 Å². The van der Waals surface area contributed by atoms with Gasteiger partial charge in [-0.1, -0.05) is 66.7 Å². The van der Waals surface area contributed by atoms with E-state index < -0.39 is 0 Å². The zero-order valence-corrected chi connectivity index (χ0v) is 18.0. The number of benzene rings is 3. The molecule has 30 heavy (non-hydrogen) atoms. The molecular formula is C26H29NO3. The van der Waals surface area contributed by atoms with Gasteiger partial charge in [0.2, 0.25) is 5.91 Å². The predicted octanol–water partition coefficient (Wildman–Crippen LogP) is 5.49. The molecule has 3 aromatic carbocycles. The zero-order chi connectivity index (χ0) is 21.5. The van der Waals surface area contributed by atoms with Crippen molar-refractivity contribution in [2.24, 2.45) is 0 Å². The number of hydrogen-bond donors (Lipinski definition) is 1. The second kappa shape index (κ2) is 9.97. The smallest absolute Gasteiger partial charge is 0.232 e. The van der Waals surface area contributed by atoms with Crippen LogP contribution in [-0.4, -0.2) is 19.1 Å². The average Bonchev–Trinajstić information content (AvgIpc) is 2.75. The second-order valence-electron chi connectivity index (χ2n) is 7.56. The van der Waals surface area contributed by atoms with Crippen LogP contribution >= 0.6 is 0 Å². The maximum atomic E-state index is 13.3. The normalized spacial score (nSPS) is 11.9. The van der Waals surface area contributed by atoms with E-state index in [0.29, 0.717) is 11.5 Å². The van der Waals surface area contributed by atoms with Crippen molar-refractivity contribution < 1.29 is 14.3 Å². The Morgan fingerprint density at radius 2 is 1.33 bits per heavy atom. The number of carbonyl (C=O) groups excluding carboxylic acids is 1. The van der Waals surface area contributed by atoms with Gasteiger partial charge in [0.15, 0.2) is 11.5 Å². The Bertz CT molecular complexity index is 915. The number of hydrogen-bond acceptors (Lipinski definition) is 3. The van der Waals surface area contributed by atoms with Crippen molar-refractivity contribution in [3.05, 3.63) is 95.6 Å². The quantitative estimate of drug-likeness (QED) is 0.541. The van der Waals surface area contributed by atoms with E-state index in [-0.39, 0.29) is 24.0 Å². The van der Waals surface area contributed by atoms with Crippen molar-refractivity contribution in [1.29, 1.82) is 0 Å². The molecule has 0 spiro atoms. The van der Waals surface area contributed by atoms with Gasteiger partial charge >= 0.3 is 0 Å². The summed E-state index contributed by atoms with van der Waals surface area (Å²) in [5, 5.41) is 3.17. The molecule has 0 aliphatic rings. The fraction of sp³-hybridized carbons (Fsp3) is 0.269. The molecule has 4 nitrogen and oxygen atoms in total. The maximum Gasteiger partial charge on any atom is 0.232 e. The van der Waals surface area contributed by atoms with Gasteiger partial charge in [0, 0.05) is 0 Å². The highest BCUT2D eigenvalue weighted by atomic mass is 16.5. The van der Waals surface area contributed by atoms with Crippen LogP contribution in [0.5, 0.6) is 11.5 Å². The maximum absolute atomic E-state index is 13.3. The first-order valence-electron chi connectivity index (χ1n) is 10.2. The van der Waals surface area contributed by atoms with Crippen LogP contribution in [0, 0.1) is 0 Å². The van der Waals surface area contributed by atoms with Crippen molar-refractivity contribution in [2.75, 3.05) is 7.11 Å². The van der Waals surface area contributed by atoms with Crippen LogP contribution in [0.4, 0.5) is 0 Å². The van der Waals surface area contributed by atoms with Gasteiger partial charge in [-0.05, 0) is 49.6 Å². The number of rotatable bonds is 8. The van der Waals surface area contributed by atoms with Gasteiger partial charge in [-0.3, -0.25) is 4.79 Å². The number of ether oxygens (including phenoxy) is 2. The lowest BCUT2D eigenvalue weighted by Crippen LogP contribution is -2.32. The highest BCUT2D eigenvalue weighted by molar-refractivity contribution is 5.87. The Balaban J connectivity index is 1.84. The first-order chi connectivity index (χ1) is 14.5. The molecule has 0 saturated carbocycles. The molecule has 1 unspecified atom stereocenters. The summed E-state index contributed by atoms with van der Waals surface area (Å²) in [5.41, 5.74) is 2.88. The minimum absolute atomic E-state index is 0.0404. The van der Waals surface area contributed by atoms with Gasteiger partial charge in [0.1, 0.15) is 0 Å². The van der Waals surface area contributed by atoms with Crippen molar-refractivity contribution >= 4 is 5.91 Å². The van der Waals surface area contributed by atoms with E-state index in [1.165, 1.54) is 0 Å². The molecule has 0 aliphatic heterocycles. The van der Waals surface area contributed by atoms with E-state index in [2.05, 4.69) is 5.32 Å². The summed E-state index contributed by atoms with van der Waals surface area (Å²) in [4.78, 5) is 13.3. The molecule has 0 aromatic heterocycles. The average molecular weight is 404 g/mol. The summed E-state index contributed by atoms with van der Waals surface area (Å²) in [6.07, 6.45) is 0.0550. The first-order valence-corrected chi connectivity index (χ1v) is 10.2. The third-order valence-corrected chi connectivity index (χ3v) is 4.94. The molecule has 1 N–H and O–H groups in total. The Morgan fingerprint density at radius 3 is 1.83 bits per heavy atom. The zero-order valence-electron chi connectivity index (χ0n) is 18.0. The summed E-state index contributed by atoms with van der Waals surface area (Å²) in [7, 11) is 1.62. The SMILES string of the molecule is COc1cc(C(C)NC(=O)C(c2ccccc2)c2ccccc2)ccc1OC(C)C. The van der Waals surface area contributed by atoms with Gasteiger partial charge in [0.05, 0.1) is 25.2 Å². The summed E-state index contributed by atoms with van der Waals surface area (Å²) in [5.74, 6) is 0.938. The summed E-state index contributed by atoms with van der Waals surface area (Å²) in [6.45, 7) is 5.93. The van der Waals surface area contributed by atoms with Crippen molar-refractivity contribution in [3.8, 4) is 11.5 Å². The van der Waals surface area contributed by atoms with E-state index in [0.717, 1.165) is 16.7 Å². The lowest BCUT2D eigenvalue weighted by molar-refractivity contribution is -0.122. The predicted molar refractivity (Wildman–Crippen MR) is 120 cm³/mol. The Morgan fingerprint density at radius 1 is 0.767 bits per heavy atom. The fourth-order valence-corrected chi connectivity index (χ4v) is 3.47. The van der Waals surface area contributed by atoms with E-state index >= 15 is 0 Å². The van der Waals surface area contributed by atoms with Gasteiger partial charge in [-0.15, -0.1) is 0 Å². The summed E-state index contributed by atoms with van der Waals surface area (Å²) < 4.78 is 11.3. The lowest BCUT2D eigenvalue weighted by atomic mass is 9.90. The molecule has 0 aliphatic carbocycles. The molecule has 0 saturated heterocycles. The molecule has 0 heterocycles. The number of amides is 1. The van der Waals surface area contributed by atoms with E-state index in [1.807, 2.05) is 99.6 Å². The van der Waals surface area contributed by atoms with Crippen LogP contribution in [0.15, 0.2) is 78.9 Å². The second-order valence-corrected chi connectivity index (χ2v) is 7.56. The molecule has 0 radical (unpaired) electrons. The summed E-state index contributed by atoms with van der Waals surface area (Å²) >= 11 is 0. The fourth-order valence-electron chi connectivity index (χ4n) is 3.47. The molecule has 156 valence electrons. The van der Waals surface area contributed by atoms with Crippen LogP contribution in [0.3, 0.4) is 0 Å². The summed E-state index contributed by atoms with van der Waals surface area (Å²) in [6, 6.07) is 25.3. The Hall–Kier alpha value is -3.27. The molecular weight excluding hydrogens is 374 g/mol. The molecule has 1 amide bonds. The van der Waals surface area contributed by atoms with Gasteiger partial charge in [-0.25, -0.2) is 0 Å². The number of carbonyl (C=O) groups is 1. The topological polar surface area (TPSA) is 47.6 Å². The van der Waals surface area contributed by atoms with Crippen LogP contribution in [0.25, 0.3) is 0 Å². The largest absolute Gasteiger partial charge is 0.493 e. The highest BCUT2D eigenvalue weighted by Crippen LogP contribution is 2.32. The number of methoxy groups -OCH3 is 1. The molecule has 3 rings (SSSR count). The Labute approximate surface area is 178 Å². The van der Waals surface area contributed by atoms with Crippen LogP contribution < -0.4 is 14.8 Å². The lowest BCUT2D eigenvalue weighted by Gasteiger charge is -2.22. The third-order valence-electron chi connectivity index (χ3n) is 4.94. The van der Waals surface area contributed by atoms with Gasteiger partial charge in [-0.2, -0.15) is 0 Å². The highest BCUT2D eigenvalue weighted by Gasteiger charge is 2.24. The third kappa shape index (κ3) is 5.20. The minimum atomic E-state index is -0.375. The van der Waals surface area contributed by atoms with Crippen LogP contribution in [0.2, 0.25) is 0 Å². The molecule has 4 heteroatoms. The van der Waals surface area contributed by atoms with Crippen molar-refractivity contribution in [3.63, 3.8) is 0 Å². The number of nitrogens with one attached hydrogen (secondary N) is 1. The van der Waals surface area contributed by atoms with Crippen LogP contribution in [-0.2, 0) is 4.79 Å². The van der Waals surface area contributed by atoms with Gasteiger partial charge < -0.3 is 14.8 Å². The molecule has 0 fully saturated rings. The molecule has 0 bridgehead atoms.